The van der Waals surface area contributed by atoms with Crippen LogP contribution in [0.2, 0.25) is 0 Å². The second-order valence-electron chi connectivity index (χ2n) is 8.74. The minimum absolute atomic E-state index is 0.0827. The number of hydrogen-bond acceptors (Lipinski definition) is 6. The molecule has 2 fully saturated rings. The van der Waals surface area contributed by atoms with Crippen molar-refractivity contribution in [2.24, 2.45) is 0 Å². The molecule has 0 bridgehead atoms. The first kappa shape index (κ1) is 21.1. The van der Waals surface area contributed by atoms with Crippen LogP contribution in [0, 0.1) is 6.92 Å². The highest BCUT2D eigenvalue weighted by molar-refractivity contribution is 7.15. The first-order chi connectivity index (χ1) is 15.5. The minimum atomic E-state index is -0.819. The van der Waals surface area contributed by atoms with Crippen molar-refractivity contribution in [2.45, 2.75) is 57.2 Å². The average molecular weight is 456 g/mol. The molecule has 3 heterocycles. The van der Waals surface area contributed by atoms with Gasteiger partial charge in [-0.2, -0.15) is 5.10 Å². The molecule has 1 aliphatic heterocycles. The second kappa shape index (κ2) is 8.61. The van der Waals surface area contributed by atoms with Gasteiger partial charge in [0, 0.05) is 28.8 Å². The number of H-pyrrole nitrogens is 1. The van der Waals surface area contributed by atoms with E-state index in [4.69, 9.17) is 0 Å². The molecule has 3 aromatic rings. The normalized spacial score (nSPS) is 23.6. The van der Waals surface area contributed by atoms with E-state index in [1.165, 1.54) is 11.3 Å². The zero-order valence-corrected chi connectivity index (χ0v) is 18.8. The van der Waals surface area contributed by atoms with E-state index in [0.717, 1.165) is 46.8 Å². The third-order valence-corrected chi connectivity index (χ3v) is 7.61. The lowest BCUT2D eigenvalue weighted by atomic mass is 9.82. The van der Waals surface area contributed by atoms with Gasteiger partial charge in [0.05, 0.1) is 17.6 Å². The van der Waals surface area contributed by atoms with Gasteiger partial charge in [0.2, 0.25) is 0 Å². The number of carbonyl (C=O) groups excluding carboxylic acids is 1. The van der Waals surface area contributed by atoms with Crippen molar-refractivity contribution in [2.75, 3.05) is 18.0 Å². The zero-order valence-electron chi connectivity index (χ0n) is 17.9. The molecule has 1 aliphatic carbocycles. The Morgan fingerprint density at radius 2 is 1.94 bits per heavy atom. The van der Waals surface area contributed by atoms with Gasteiger partial charge < -0.3 is 10.2 Å². The van der Waals surface area contributed by atoms with Gasteiger partial charge in [0.1, 0.15) is 11.9 Å². The molecule has 1 saturated heterocycles. The van der Waals surface area contributed by atoms with Gasteiger partial charge in [-0.25, -0.2) is 14.5 Å². The maximum atomic E-state index is 13.5. The summed E-state index contributed by atoms with van der Waals surface area (Å²) in [5, 5.41) is 12.4. The highest BCUT2D eigenvalue weighted by atomic mass is 32.1. The lowest BCUT2D eigenvalue weighted by Crippen LogP contribution is -2.38. The van der Waals surface area contributed by atoms with Crippen LogP contribution in [0.15, 0.2) is 29.1 Å². The van der Waals surface area contributed by atoms with E-state index < -0.39 is 6.17 Å². The number of aromatic nitrogens is 3. The van der Waals surface area contributed by atoms with Crippen LogP contribution in [-0.4, -0.2) is 46.4 Å². The van der Waals surface area contributed by atoms with Crippen molar-refractivity contribution in [1.29, 1.82) is 0 Å². The van der Waals surface area contributed by atoms with E-state index in [2.05, 4.69) is 20.5 Å². The molecule has 5 rings (SSSR count). The molecule has 9 heteroatoms. The molecule has 32 heavy (non-hydrogen) atoms. The second-order valence-corrected chi connectivity index (χ2v) is 9.92. The third kappa shape index (κ3) is 4.01. The Morgan fingerprint density at radius 1 is 1.19 bits per heavy atom. The molecule has 1 amide bonds. The number of carbonyl (C=O) groups is 1. The molecule has 7 nitrogen and oxygen atoms in total. The summed E-state index contributed by atoms with van der Waals surface area (Å²) in [7, 11) is 0. The van der Waals surface area contributed by atoms with E-state index in [1.807, 2.05) is 36.1 Å². The summed E-state index contributed by atoms with van der Waals surface area (Å²) in [6.45, 7) is 2.89. The van der Waals surface area contributed by atoms with Gasteiger partial charge in [0.15, 0.2) is 5.13 Å². The molecule has 1 atom stereocenters. The van der Waals surface area contributed by atoms with Crippen LogP contribution in [0.4, 0.5) is 9.52 Å². The molecule has 1 saturated carbocycles. The zero-order chi connectivity index (χ0) is 22.2. The van der Waals surface area contributed by atoms with Gasteiger partial charge in [-0.1, -0.05) is 18.2 Å². The highest BCUT2D eigenvalue weighted by Crippen LogP contribution is 2.35. The van der Waals surface area contributed by atoms with Crippen molar-refractivity contribution in [3.8, 4) is 0 Å². The van der Waals surface area contributed by atoms with E-state index in [-0.39, 0.29) is 23.4 Å². The largest absolute Gasteiger partial charge is 0.348 e. The first-order valence-corrected chi connectivity index (χ1v) is 12.0. The number of fused-ring (bicyclic) bond motifs is 1. The van der Waals surface area contributed by atoms with Crippen LogP contribution in [0.25, 0.3) is 10.8 Å². The van der Waals surface area contributed by atoms with Crippen molar-refractivity contribution in [3.05, 3.63) is 50.9 Å². The van der Waals surface area contributed by atoms with Gasteiger partial charge in [-0.3, -0.25) is 9.59 Å². The number of nitrogens with zero attached hydrogens (tertiary/aromatic N) is 3. The lowest BCUT2D eigenvalue weighted by Gasteiger charge is -2.29. The first-order valence-electron chi connectivity index (χ1n) is 11.1. The number of hydrogen-bond donors (Lipinski definition) is 2. The number of benzene rings is 1. The molecule has 0 spiro atoms. The number of alkyl halides is 1. The predicted molar refractivity (Wildman–Crippen MR) is 123 cm³/mol. The van der Waals surface area contributed by atoms with E-state index in [9.17, 15) is 14.0 Å². The number of thiazole rings is 1. The smallest absolute Gasteiger partial charge is 0.272 e. The van der Waals surface area contributed by atoms with Crippen LogP contribution >= 0.6 is 11.3 Å². The Kier molecular flexibility index (Phi) is 5.67. The molecule has 1 aromatic carbocycles. The minimum Gasteiger partial charge on any atom is -0.348 e. The quantitative estimate of drug-likeness (QED) is 0.626. The summed E-state index contributed by atoms with van der Waals surface area (Å²) in [6.07, 6.45) is 3.17. The maximum Gasteiger partial charge on any atom is 0.272 e. The molecular weight excluding hydrogens is 429 g/mol. The molecule has 2 aliphatic rings. The maximum absolute atomic E-state index is 13.5. The number of rotatable bonds is 4. The predicted octanol–water partition coefficient (Wildman–Crippen LogP) is 3.69. The van der Waals surface area contributed by atoms with Crippen LogP contribution in [0.5, 0.6) is 0 Å². The number of aromatic amines is 1. The standard InChI is InChI=1S/C23H26FN5O2S/c1-13-19(26-23(32-13)29-11-10-15(24)12-29)22(31)25-16-8-6-14(7-9-16)20-17-4-2-3-5-18(17)21(30)28-27-20/h2-5,14-16H,6-12H2,1H3,(H,25,31)(H,28,30)/t14-,15-,16-/m1/s1. The topological polar surface area (TPSA) is 91.0 Å². The Balaban J connectivity index is 1.23. The van der Waals surface area contributed by atoms with Crippen LogP contribution in [0.1, 0.15) is 59.1 Å². The highest BCUT2D eigenvalue weighted by Gasteiger charge is 2.29. The number of anilines is 1. The number of amides is 1. The molecule has 168 valence electrons. The monoisotopic (exact) mass is 455 g/mol. The van der Waals surface area contributed by atoms with Crippen LogP contribution in [-0.2, 0) is 0 Å². The van der Waals surface area contributed by atoms with Crippen molar-refractivity contribution in [1.82, 2.24) is 20.5 Å². The number of aryl methyl sites for hydroxylation is 1. The van der Waals surface area contributed by atoms with E-state index in [1.54, 1.807) is 0 Å². The third-order valence-electron chi connectivity index (χ3n) is 6.58. The summed E-state index contributed by atoms with van der Waals surface area (Å²) in [5.74, 6) is 0.0957. The molecule has 0 radical (unpaired) electrons. The van der Waals surface area contributed by atoms with Crippen molar-refractivity contribution < 1.29 is 9.18 Å². The van der Waals surface area contributed by atoms with Crippen molar-refractivity contribution in [3.63, 3.8) is 0 Å². The Bertz CT molecular complexity index is 1200. The Labute approximate surface area is 189 Å². The summed E-state index contributed by atoms with van der Waals surface area (Å²) >= 11 is 1.45. The SMILES string of the molecule is Cc1sc(N2CC[C@@H](F)C2)nc1C(=O)N[C@H]1CC[C@H](c2n[nH]c(=O)c3ccccc32)CC1. The van der Waals surface area contributed by atoms with Gasteiger partial charge >= 0.3 is 0 Å². The number of halogens is 1. The van der Waals surface area contributed by atoms with Gasteiger partial charge in [-0.15, -0.1) is 11.3 Å². The average Bonchev–Trinajstić information content (AvgIpc) is 3.40. The molecule has 2 N–H and O–H groups in total. The summed E-state index contributed by atoms with van der Waals surface area (Å²) in [6, 6.07) is 7.65. The summed E-state index contributed by atoms with van der Waals surface area (Å²) in [4.78, 5) is 32.2. The summed E-state index contributed by atoms with van der Waals surface area (Å²) < 4.78 is 13.5. The van der Waals surface area contributed by atoms with Crippen LogP contribution < -0.4 is 15.8 Å². The fourth-order valence-corrected chi connectivity index (χ4v) is 5.77. The van der Waals surface area contributed by atoms with Crippen LogP contribution in [0.3, 0.4) is 0 Å². The fourth-order valence-electron chi connectivity index (χ4n) is 4.83. The molecule has 0 unspecified atom stereocenters. The fraction of sp³-hybridized carbons (Fsp3) is 0.478. The van der Waals surface area contributed by atoms with E-state index >= 15 is 0 Å². The van der Waals surface area contributed by atoms with Crippen molar-refractivity contribution >= 4 is 33.1 Å². The molecular formula is C23H26FN5O2S. The summed E-state index contributed by atoms with van der Waals surface area (Å²) in [5.41, 5.74) is 1.21. The van der Waals surface area contributed by atoms with E-state index in [0.29, 0.717) is 30.6 Å². The van der Waals surface area contributed by atoms with Gasteiger partial charge in [-0.05, 0) is 45.1 Å². The number of nitrogens with one attached hydrogen (secondary N) is 2. The lowest BCUT2D eigenvalue weighted by molar-refractivity contribution is 0.0920. The Morgan fingerprint density at radius 3 is 2.66 bits per heavy atom. The van der Waals surface area contributed by atoms with Gasteiger partial charge in [0.25, 0.3) is 11.5 Å². The molecule has 2 aromatic heterocycles. The Hall–Kier alpha value is -2.81.